The summed E-state index contributed by atoms with van der Waals surface area (Å²) in [7, 11) is -2.66. The summed E-state index contributed by atoms with van der Waals surface area (Å²) < 4.78 is 32.7. The molecule has 27 heavy (non-hydrogen) atoms. The number of amides is 1. The molecule has 2 aromatic rings. The second kappa shape index (κ2) is 7.75. The predicted molar refractivity (Wildman–Crippen MR) is 112 cm³/mol. The van der Waals surface area contributed by atoms with Crippen LogP contribution in [0, 0.1) is 0 Å². The first kappa shape index (κ1) is 20.7. The second-order valence-electron chi connectivity index (χ2n) is 5.90. The quantitative estimate of drug-likeness (QED) is 0.629. The molecule has 1 fully saturated rings. The number of ether oxygens (including phenoxy) is 1. The molecule has 1 unspecified atom stereocenters. The van der Waals surface area contributed by atoms with Crippen LogP contribution in [0.4, 0.5) is 0 Å². The Morgan fingerprint density at radius 3 is 2.41 bits per heavy atom. The van der Waals surface area contributed by atoms with E-state index in [0.29, 0.717) is 4.47 Å². The second-order valence-corrected chi connectivity index (χ2v) is 10.7. The zero-order valence-corrected chi connectivity index (χ0v) is 19.2. The highest BCUT2D eigenvalue weighted by Gasteiger charge is 2.46. The molecule has 1 aliphatic rings. The van der Waals surface area contributed by atoms with E-state index in [1.54, 1.807) is 12.1 Å². The number of hydrogen-bond donors (Lipinski definition) is 1. The number of hydrogen-bond acceptors (Lipinski definition) is 5. The highest BCUT2D eigenvalue weighted by molar-refractivity contribution is 9.10. The molecular weight excluding hydrogens is 520 g/mol. The van der Waals surface area contributed by atoms with Gasteiger partial charge in [-0.25, -0.2) is 13.4 Å². The lowest BCUT2D eigenvalue weighted by Crippen LogP contribution is -2.51. The minimum atomic E-state index is -4.05. The lowest BCUT2D eigenvalue weighted by Gasteiger charge is -2.34. The summed E-state index contributed by atoms with van der Waals surface area (Å²) in [4.78, 5) is 14.0. The summed E-state index contributed by atoms with van der Waals surface area (Å²) in [5.74, 6) is 0.0448. The number of rotatable bonds is 5. The van der Waals surface area contributed by atoms with Crippen LogP contribution in [0.15, 0.2) is 56.3 Å². The Morgan fingerprint density at radius 1 is 1.15 bits per heavy atom. The van der Waals surface area contributed by atoms with Crippen molar-refractivity contribution in [3.63, 3.8) is 0 Å². The first-order valence-corrected chi connectivity index (χ1v) is 11.8. The highest BCUT2D eigenvalue weighted by atomic mass is 79.9. The van der Waals surface area contributed by atoms with Crippen molar-refractivity contribution in [3.05, 3.63) is 57.0 Å². The summed E-state index contributed by atoms with van der Waals surface area (Å²) in [5.41, 5.74) is 0.811. The minimum Gasteiger partial charge on any atom is -0.495 e. The van der Waals surface area contributed by atoms with Crippen LogP contribution in [-0.4, -0.2) is 32.2 Å². The number of thioether (sulfide) groups is 1. The minimum absolute atomic E-state index is 0.0535. The summed E-state index contributed by atoms with van der Waals surface area (Å²) in [6.45, 7) is 1.81. The van der Waals surface area contributed by atoms with Crippen LogP contribution in [0.25, 0.3) is 0 Å². The van der Waals surface area contributed by atoms with Gasteiger partial charge >= 0.3 is 0 Å². The van der Waals surface area contributed by atoms with Gasteiger partial charge in [-0.15, -0.1) is 16.6 Å². The summed E-state index contributed by atoms with van der Waals surface area (Å²) in [5, 5.41) is 1.18. The number of sulfonamides is 1. The molecule has 0 aromatic heterocycles. The first-order valence-electron chi connectivity index (χ1n) is 7.76. The van der Waals surface area contributed by atoms with Gasteiger partial charge in [0.25, 0.3) is 10.0 Å². The predicted octanol–water partition coefficient (Wildman–Crippen LogP) is 3.86. The summed E-state index contributed by atoms with van der Waals surface area (Å²) in [6.07, 6.45) is 0. The van der Waals surface area contributed by atoms with Crippen LogP contribution < -0.4 is 9.57 Å². The third-order valence-corrected chi connectivity index (χ3v) is 7.87. The van der Waals surface area contributed by atoms with E-state index >= 15 is 0 Å². The number of hydrazine groups is 1. The third kappa shape index (κ3) is 4.04. The van der Waals surface area contributed by atoms with E-state index in [-0.39, 0.29) is 22.3 Å². The van der Waals surface area contributed by atoms with Crippen molar-refractivity contribution < 1.29 is 17.9 Å². The largest absolute Gasteiger partial charge is 0.495 e. The Bertz CT molecular complexity index is 983. The van der Waals surface area contributed by atoms with E-state index in [1.165, 1.54) is 29.9 Å². The lowest BCUT2D eigenvalue weighted by atomic mass is 10.1. The molecule has 1 aliphatic heterocycles. The first-order chi connectivity index (χ1) is 12.7. The fourth-order valence-electron chi connectivity index (χ4n) is 2.71. The zero-order chi connectivity index (χ0) is 19.8. The van der Waals surface area contributed by atoms with Gasteiger partial charge in [0.2, 0.25) is 5.91 Å². The molecule has 0 saturated carbocycles. The van der Waals surface area contributed by atoms with E-state index in [0.717, 1.165) is 10.0 Å². The number of methoxy groups -OCH3 is 1. The van der Waals surface area contributed by atoms with Gasteiger partial charge in [0, 0.05) is 8.95 Å². The Kier molecular flexibility index (Phi) is 5.93. The maximum Gasteiger partial charge on any atom is 0.261 e. The van der Waals surface area contributed by atoms with Gasteiger partial charge in [-0.05, 0) is 42.8 Å². The monoisotopic (exact) mass is 534 g/mol. The number of nitrogens with zero attached hydrogens (tertiary/aromatic N) is 1. The normalized spacial score (nSPS) is 20.1. The number of carbonyl (C=O) groups excluding carboxylic acids is 1. The van der Waals surface area contributed by atoms with E-state index < -0.39 is 14.9 Å². The third-order valence-electron chi connectivity index (χ3n) is 4.16. The molecule has 2 aromatic carbocycles. The maximum atomic E-state index is 13.0. The van der Waals surface area contributed by atoms with Gasteiger partial charge in [0.1, 0.15) is 15.5 Å². The van der Waals surface area contributed by atoms with Gasteiger partial charge in [-0.3, -0.25) is 4.79 Å². The molecule has 1 atom stereocenters. The summed E-state index contributed by atoms with van der Waals surface area (Å²) >= 11 is 8.02. The van der Waals surface area contributed by atoms with Gasteiger partial charge in [-0.2, -0.15) is 0 Å². The van der Waals surface area contributed by atoms with Crippen LogP contribution >= 0.6 is 43.6 Å². The molecule has 1 heterocycles. The molecule has 1 saturated heterocycles. The molecule has 0 aliphatic carbocycles. The van der Waals surface area contributed by atoms with E-state index in [2.05, 4.69) is 36.7 Å². The van der Waals surface area contributed by atoms with Crippen molar-refractivity contribution in [1.29, 1.82) is 0 Å². The standard InChI is InChI=1S/C17H16Br2N2O4S2/c1-17(11-3-5-12(18)6-4-11)21(16(22)10-26-17)20-27(23,24)15-9-13(19)7-8-14(15)25-2/h3-9,20H,10H2,1-2H3. The Hall–Kier alpha value is -1.07. The molecule has 1 N–H and O–H groups in total. The molecular formula is C17H16Br2N2O4S2. The van der Waals surface area contributed by atoms with E-state index in [4.69, 9.17) is 4.74 Å². The number of halogens is 2. The smallest absolute Gasteiger partial charge is 0.261 e. The van der Waals surface area contributed by atoms with Crippen LogP contribution in [0.2, 0.25) is 0 Å². The molecule has 10 heteroatoms. The van der Waals surface area contributed by atoms with Gasteiger partial charge in [0.15, 0.2) is 0 Å². The van der Waals surface area contributed by atoms with Crippen LogP contribution in [0.1, 0.15) is 12.5 Å². The number of nitrogens with one attached hydrogen (secondary N) is 1. The van der Waals surface area contributed by atoms with Gasteiger partial charge in [0.05, 0.1) is 12.9 Å². The Balaban J connectivity index is 2.00. The average Bonchev–Trinajstić information content (AvgIpc) is 2.91. The topological polar surface area (TPSA) is 75.7 Å². The van der Waals surface area contributed by atoms with Crippen molar-refractivity contribution in [1.82, 2.24) is 9.84 Å². The van der Waals surface area contributed by atoms with Crippen molar-refractivity contribution in [3.8, 4) is 5.75 Å². The van der Waals surface area contributed by atoms with Gasteiger partial charge < -0.3 is 4.74 Å². The molecule has 0 spiro atoms. The van der Waals surface area contributed by atoms with E-state index in [9.17, 15) is 13.2 Å². The Morgan fingerprint density at radius 2 is 1.78 bits per heavy atom. The molecule has 0 bridgehead atoms. The fourth-order valence-corrected chi connectivity index (χ4v) is 5.98. The molecule has 3 rings (SSSR count). The summed E-state index contributed by atoms with van der Waals surface area (Å²) in [6, 6.07) is 12.1. The van der Waals surface area contributed by atoms with Gasteiger partial charge in [-0.1, -0.05) is 44.0 Å². The average molecular weight is 536 g/mol. The lowest BCUT2D eigenvalue weighted by molar-refractivity contribution is -0.131. The highest BCUT2D eigenvalue weighted by Crippen LogP contribution is 2.44. The van der Waals surface area contributed by atoms with Crippen molar-refractivity contribution in [2.24, 2.45) is 0 Å². The molecule has 6 nitrogen and oxygen atoms in total. The molecule has 144 valence electrons. The fraction of sp³-hybridized carbons (Fsp3) is 0.235. The van der Waals surface area contributed by atoms with Crippen molar-refractivity contribution in [2.75, 3.05) is 12.9 Å². The SMILES string of the molecule is COc1ccc(Br)cc1S(=O)(=O)NN1C(=O)CSC1(C)c1ccc(Br)cc1. The number of benzene rings is 2. The number of carbonyl (C=O) groups is 1. The van der Waals surface area contributed by atoms with Crippen LogP contribution in [0.5, 0.6) is 5.75 Å². The maximum absolute atomic E-state index is 13.0. The molecule has 1 amide bonds. The van der Waals surface area contributed by atoms with Crippen LogP contribution in [0.3, 0.4) is 0 Å². The van der Waals surface area contributed by atoms with E-state index in [1.807, 2.05) is 31.2 Å². The Labute approximate surface area is 178 Å². The van der Waals surface area contributed by atoms with Crippen molar-refractivity contribution >= 4 is 59.6 Å². The van der Waals surface area contributed by atoms with Crippen molar-refractivity contribution in [2.45, 2.75) is 16.7 Å². The van der Waals surface area contributed by atoms with Crippen LogP contribution in [-0.2, 0) is 19.7 Å². The zero-order valence-electron chi connectivity index (χ0n) is 14.4. The molecule has 0 radical (unpaired) electrons.